The number of carbonyl (C=O) groups is 1. The number of quaternary nitrogens is 1. The maximum Gasteiger partial charge on any atom is 0.348 e. The molecule has 0 amide bonds. The third-order valence-corrected chi connectivity index (χ3v) is 7.83. The Hall–Kier alpha value is -2.67. The van der Waals surface area contributed by atoms with Crippen LogP contribution < -0.4 is 21.7 Å². The summed E-state index contributed by atoms with van der Waals surface area (Å²) in [5.41, 5.74) is 0.419. The highest BCUT2D eigenvalue weighted by Gasteiger charge is 2.50. The first-order valence-corrected chi connectivity index (χ1v) is 12.6. The number of hydrogen-bond acceptors (Lipinski definition) is 4. The molecule has 5 nitrogen and oxygen atoms in total. The Morgan fingerprint density at radius 1 is 0.917 bits per heavy atom. The molecule has 1 atom stereocenters. The summed E-state index contributed by atoms with van der Waals surface area (Å²) in [5, 5.41) is 11.8. The molecule has 3 fully saturated rings. The van der Waals surface area contributed by atoms with Gasteiger partial charge in [-0.1, -0.05) is 78.4 Å². The molecule has 1 N–H and O–H groups in total. The molecule has 1 unspecified atom stereocenters. The molecular weight excluding hydrogens is 518 g/mol. The van der Waals surface area contributed by atoms with Gasteiger partial charge < -0.3 is 36.0 Å². The highest BCUT2D eigenvalue weighted by molar-refractivity contribution is 5.85. The van der Waals surface area contributed by atoms with Crippen molar-refractivity contribution < 1.29 is 40.8 Å². The second-order valence-electron chi connectivity index (χ2n) is 10.1. The summed E-state index contributed by atoms with van der Waals surface area (Å²) >= 11 is 0. The minimum Gasteiger partial charge on any atom is -1.00 e. The molecule has 6 heteroatoms. The van der Waals surface area contributed by atoms with Gasteiger partial charge in [0, 0.05) is 18.8 Å². The molecule has 3 aromatic carbocycles. The minimum absolute atomic E-state index is 0. The average molecular weight is 553 g/mol. The van der Waals surface area contributed by atoms with Crippen LogP contribution in [0, 0.1) is 12.8 Å². The summed E-state index contributed by atoms with van der Waals surface area (Å²) < 4.78 is 13.1. The maximum absolute atomic E-state index is 13.6. The van der Waals surface area contributed by atoms with Crippen LogP contribution in [-0.4, -0.2) is 54.4 Å². The van der Waals surface area contributed by atoms with Crippen LogP contribution in [-0.2, 0) is 15.1 Å². The lowest BCUT2D eigenvalue weighted by Crippen LogP contribution is -3.00. The van der Waals surface area contributed by atoms with Crippen molar-refractivity contribution in [2.24, 2.45) is 5.92 Å². The fourth-order valence-electron chi connectivity index (χ4n) is 5.64. The van der Waals surface area contributed by atoms with Gasteiger partial charge in [-0.05, 0) is 30.2 Å². The Balaban J connectivity index is 0.00000304. The molecule has 0 spiro atoms. The molecule has 36 heavy (non-hydrogen) atoms. The van der Waals surface area contributed by atoms with E-state index in [1.807, 2.05) is 48.5 Å². The van der Waals surface area contributed by atoms with Gasteiger partial charge in [-0.2, -0.15) is 0 Å². The summed E-state index contributed by atoms with van der Waals surface area (Å²) in [6, 6.07) is 26.3. The van der Waals surface area contributed by atoms with Gasteiger partial charge in [0.25, 0.3) is 0 Å². The van der Waals surface area contributed by atoms with Crippen molar-refractivity contribution in [3.63, 3.8) is 0 Å². The smallest absolute Gasteiger partial charge is 0.348 e. The van der Waals surface area contributed by atoms with E-state index in [4.69, 9.17) is 9.47 Å². The molecule has 190 valence electrons. The number of carbonyl (C=O) groups excluding carboxylic acids is 1. The zero-order valence-electron chi connectivity index (χ0n) is 20.7. The van der Waals surface area contributed by atoms with Crippen molar-refractivity contribution in [2.45, 2.75) is 31.5 Å². The molecule has 3 heterocycles. The lowest BCUT2D eigenvalue weighted by atomic mass is 9.82. The first-order valence-electron chi connectivity index (χ1n) is 12.6. The van der Waals surface area contributed by atoms with E-state index >= 15 is 0 Å². The number of rotatable bonds is 8. The van der Waals surface area contributed by atoms with Crippen LogP contribution in [0.15, 0.2) is 84.9 Å². The van der Waals surface area contributed by atoms with Gasteiger partial charge in [-0.3, -0.25) is 0 Å². The number of nitrogens with zero attached hydrogens (tertiary/aromatic N) is 1. The molecule has 3 saturated heterocycles. The fourth-order valence-corrected chi connectivity index (χ4v) is 5.64. The first kappa shape index (κ1) is 26.4. The van der Waals surface area contributed by atoms with Crippen molar-refractivity contribution in [3.8, 4) is 5.75 Å². The Morgan fingerprint density at radius 3 is 2.03 bits per heavy atom. The largest absolute Gasteiger partial charge is 1.00 e. The number of fused-ring (bicyclic) bond motifs is 3. The van der Waals surface area contributed by atoms with Crippen LogP contribution in [0.2, 0.25) is 0 Å². The van der Waals surface area contributed by atoms with E-state index in [-0.39, 0.29) is 23.1 Å². The van der Waals surface area contributed by atoms with E-state index in [0.717, 1.165) is 49.3 Å². The molecule has 3 aliphatic rings. The SMILES string of the molecule is Cc1ccc(OCC[N+]23CCC(CC2)C(OC(=O)C(O)(c2ccccc2)c2ccccc2)C3)cc1.[Br-]. The van der Waals surface area contributed by atoms with Gasteiger partial charge in [0.2, 0.25) is 5.60 Å². The van der Waals surface area contributed by atoms with E-state index in [1.165, 1.54) is 5.56 Å². The Kier molecular flexibility index (Phi) is 8.18. The van der Waals surface area contributed by atoms with E-state index in [9.17, 15) is 9.90 Å². The quantitative estimate of drug-likeness (QED) is 0.340. The van der Waals surface area contributed by atoms with Gasteiger partial charge >= 0.3 is 5.97 Å². The number of esters is 1. The number of piperidine rings is 3. The van der Waals surface area contributed by atoms with Gasteiger partial charge in [0.15, 0.2) is 6.10 Å². The van der Waals surface area contributed by atoms with Crippen molar-refractivity contribution in [1.29, 1.82) is 0 Å². The average Bonchev–Trinajstić information content (AvgIpc) is 2.91. The molecule has 2 bridgehead atoms. The predicted octanol–water partition coefficient (Wildman–Crippen LogP) is 1.47. The Morgan fingerprint density at radius 2 is 1.47 bits per heavy atom. The van der Waals surface area contributed by atoms with Gasteiger partial charge in [-0.15, -0.1) is 0 Å². The number of ether oxygens (including phenoxy) is 2. The molecule has 3 aliphatic heterocycles. The van der Waals surface area contributed by atoms with Crippen LogP contribution >= 0.6 is 0 Å². The van der Waals surface area contributed by atoms with Crippen LogP contribution in [0.5, 0.6) is 5.75 Å². The second kappa shape index (κ2) is 11.2. The second-order valence-corrected chi connectivity index (χ2v) is 10.1. The molecular formula is C30H34BrNO4. The zero-order chi connectivity index (χ0) is 24.3. The van der Waals surface area contributed by atoms with Gasteiger partial charge in [0.1, 0.15) is 25.4 Å². The molecule has 0 aliphatic carbocycles. The number of aryl methyl sites for hydroxylation is 1. The van der Waals surface area contributed by atoms with Crippen LogP contribution in [0.3, 0.4) is 0 Å². The lowest BCUT2D eigenvalue weighted by molar-refractivity contribution is -0.946. The number of aliphatic hydroxyl groups is 1. The summed E-state index contributed by atoms with van der Waals surface area (Å²) in [4.78, 5) is 13.6. The summed E-state index contributed by atoms with van der Waals surface area (Å²) in [7, 11) is 0. The normalized spacial score (nSPS) is 22.9. The van der Waals surface area contributed by atoms with Crippen molar-refractivity contribution in [3.05, 3.63) is 102 Å². The molecule has 6 rings (SSSR count). The summed E-state index contributed by atoms with van der Waals surface area (Å²) in [6.45, 7) is 6.52. The third kappa shape index (κ3) is 5.36. The lowest BCUT2D eigenvalue weighted by Gasteiger charge is -2.52. The van der Waals surface area contributed by atoms with Crippen molar-refractivity contribution in [2.75, 3.05) is 32.8 Å². The number of benzene rings is 3. The zero-order valence-corrected chi connectivity index (χ0v) is 22.3. The summed E-state index contributed by atoms with van der Waals surface area (Å²) in [5.74, 6) is 0.634. The van der Waals surface area contributed by atoms with E-state index < -0.39 is 11.6 Å². The van der Waals surface area contributed by atoms with Crippen LogP contribution in [0.25, 0.3) is 0 Å². The molecule has 0 aromatic heterocycles. The highest BCUT2D eigenvalue weighted by Crippen LogP contribution is 2.38. The molecule has 0 radical (unpaired) electrons. The highest BCUT2D eigenvalue weighted by atomic mass is 79.9. The van der Waals surface area contributed by atoms with Crippen molar-refractivity contribution in [1.82, 2.24) is 0 Å². The monoisotopic (exact) mass is 551 g/mol. The summed E-state index contributed by atoms with van der Waals surface area (Å²) in [6.07, 6.45) is 1.85. The van der Waals surface area contributed by atoms with Crippen molar-refractivity contribution >= 4 is 5.97 Å². The number of hydrogen-bond donors (Lipinski definition) is 1. The van der Waals surface area contributed by atoms with E-state index in [1.54, 1.807) is 24.3 Å². The van der Waals surface area contributed by atoms with E-state index in [0.29, 0.717) is 23.7 Å². The fraction of sp³-hybridized carbons (Fsp3) is 0.367. The Labute approximate surface area is 224 Å². The molecule has 0 saturated carbocycles. The van der Waals surface area contributed by atoms with Gasteiger partial charge in [-0.25, -0.2) is 4.79 Å². The third-order valence-electron chi connectivity index (χ3n) is 7.83. The topological polar surface area (TPSA) is 55.8 Å². The van der Waals surface area contributed by atoms with E-state index in [2.05, 4.69) is 19.1 Å². The molecule has 3 aromatic rings. The maximum atomic E-state index is 13.6. The first-order chi connectivity index (χ1) is 17.0. The number of halogens is 1. The minimum atomic E-state index is -1.84. The predicted molar refractivity (Wildman–Crippen MR) is 135 cm³/mol. The van der Waals surface area contributed by atoms with Gasteiger partial charge in [0.05, 0.1) is 13.1 Å². The standard InChI is InChI=1S/C30H34NO4.BrH/c1-23-12-14-27(15-13-23)34-21-20-31-18-16-24(17-19-31)28(22-31)35-29(32)30(33,25-8-4-2-5-9-25)26-10-6-3-7-11-26;/h2-15,24,28,33H,16-22H2,1H3;1H/q+1;/p-1. The Bertz CT molecular complexity index is 1090. The van der Waals surface area contributed by atoms with Crippen LogP contribution in [0.1, 0.15) is 29.5 Å². The van der Waals surface area contributed by atoms with Crippen LogP contribution in [0.4, 0.5) is 0 Å².